The molecule has 0 spiro atoms. The number of hydrogen-bond acceptors (Lipinski definition) is 6. The molecule has 2 aliphatic rings. The predicted octanol–water partition coefficient (Wildman–Crippen LogP) is 3.75. The monoisotopic (exact) mass is 456 g/mol. The van der Waals surface area contributed by atoms with Crippen molar-refractivity contribution in [1.29, 1.82) is 0 Å². The third kappa shape index (κ3) is 4.71. The van der Waals surface area contributed by atoms with Crippen LogP contribution in [0.4, 0.5) is 11.4 Å². The maximum atomic E-state index is 9.87. The van der Waals surface area contributed by atoms with Crippen LogP contribution in [0.15, 0.2) is 90.0 Å². The summed E-state index contributed by atoms with van der Waals surface area (Å²) in [6, 6.07) is 19.2. The number of nitrogens with zero attached hydrogens (tertiary/aromatic N) is 4. The second-order valence-corrected chi connectivity index (χ2v) is 9.01. The van der Waals surface area contributed by atoms with Crippen LogP contribution in [0.3, 0.4) is 0 Å². The average Bonchev–Trinajstić information content (AvgIpc) is 3.30. The Hall–Kier alpha value is -3.55. The Kier molecular flexibility index (Phi) is 6.38. The number of benzene rings is 2. The second-order valence-electron chi connectivity index (χ2n) is 9.01. The van der Waals surface area contributed by atoms with Gasteiger partial charge in [-0.25, -0.2) is 0 Å². The lowest BCUT2D eigenvalue weighted by atomic mass is 9.91. The highest BCUT2D eigenvalue weighted by Gasteiger charge is 2.29. The summed E-state index contributed by atoms with van der Waals surface area (Å²) in [7, 11) is 1.93. The molecule has 0 amide bonds. The van der Waals surface area contributed by atoms with E-state index in [1.54, 1.807) is 0 Å². The van der Waals surface area contributed by atoms with E-state index in [-0.39, 0.29) is 6.61 Å². The molecule has 2 aliphatic heterocycles. The summed E-state index contributed by atoms with van der Waals surface area (Å²) in [6.45, 7) is 4.54. The van der Waals surface area contributed by atoms with Crippen LogP contribution in [0.2, 0.25) is 0 Å². The number of aliphatic hydroxyl groups is 1. The molecule has 2 aromatic carbocycles. The molecule has 7 nitrogen and oxygen atoms in total. The summed E-state index contributed by atoms with van der Waals surface area (Å²) in [6.07, 6.45) is 7.07. The molecule has 1 aromatic heterocycles. The van der Waals surface area contributed by atoms with Crippen molar-refractivity contribution in [1.82, 2.24) is 20.1 Å². The standard InChI is InChI=1S/C27H32N6O/c1-20-14-26-23(15-28-20)18-32(19-27(26)33(12-13-34)25-6-4-3-5-7-25)30-24-10-8-21(9-11-24)22-16-29-31(2)17-22/h3-11,16-17,19-20,28,30,34H,12-15,18H2,1-2H3. The van der Waals surface area contributed by atoms with E-state index in [0.29, 0.717) is 12.6 Å². The van der Waals surface area contributed by atoms with Crippen molar-refractivity contribution < 1.29 is 5.11 Å². The van der Waals surface area contributed by atoms with Gasteiger partial charge in [-0.1, -0.05) is 30.3 Å². The van der Waals surface area contributed by atoms with Crippen LogP contribution in [-0.2, 0) is 7.05 Å². The lowest BCUT2D eigenvalue weighted by molar-refractivity contribution is 0.303. The fourth-order valence-corrected chi connectivity index (χ4v) is 4.71. The first kappa shape index (κ1) is 22.3. The maximum absolute atomic E-state index is 9.87. The Bertz CT molecular complexity index is 1180. The Morgan fingerprint density at radius 2 is 1.91 bits per heavy atom. The van der Waals surface area contributed by atoms with Gasteiger partial charge < -0.3 is 15.3 Å². The van der Waals surface area contributed by atoms with E-state index in [9.17, 15) is 5.11 Å². The third-order valence-electron chi connectivity index (χ3n) is 6.43. The first-order valence-electron chi connectivity index (χ1n) is 11.8. The molecule has 3 N–H and O–H groups in total. The summed E-state index contributed by atoms with van der Waals surface area (Å²) < 4.78 is 1.82. The summed E-state index contributed by atoms with van der Waals surface area (Å²) >= 11 is 0. The van der Waals surface area contributed by atoms with Crippen molar-refractivity contribution in [3.63, 3.8) is 0 Å². The minimum atomic E-state index is 0.0892. The largest absolute Gasteiger partial charge is 0.395 e. The zero-order valence-electron chi connectivity index (χ0n) is 19.8. The molecule has 0 fully saturated rings. The van der Waals surface area contributed by atoms with Gasteiger partial charge in [-0.3, -0.25) is 15.1 Å². The number of anilines is 2. The molecular weight excluding hydrogens is 424 g/mol. The summed E-state index contributed by atoms with van der Waals surface area (Å²) in [5.41, 5.74) is 11.8. The van der Waals surface area contributed by atoms with Crippen molar-refractivity contribution in [3.8, 4) is 11.1 Å². The van der Waals surface area contributed by atoms with E-state index in [1.807, 2.05) is 42.3 Å². The number of nitrogens with one attached hydrogen (secondary N) is 2. The first-order valence-corrected chi connectivity index (χ1v) is 11.8. The van der Waals surface area contributed by atoms with Crippen LogP contribution in [0.25, 0.3) is 11.1 Å². The van der Waals surface area contributed by atoms with Gasteiger partial charge in [0.15, 0.2) is 0 Å². The Morgan fingerprint density at radius 1 is 1.12 bits per heavy atom. The van der Waals surface area contributed by atoms with Crippen LogP contribution in [0.1, 0.15) is 13.3 Å². The number of aryl methyl sites for hydroxylation is 1. The number of hydrazine groups is 1. The molecule has 176 valence electrons. The maximum Gasteiger partial charge on any atom is 0.0626 e. The molecule has 34 heavy (non-hydrogen) atoms. The van der Waals surface area contributed by atoms with Gasteiger partial charge in [0.1, 0.15) is 0 Å². The van der Waals surface area contributed by atoms with Crippen molar-refractivity contribution in [2.45, 2.75) is 19.4 Å². The minimum absolute atomic E-state index is 0.0892. The highest BCUT2D eigenvalue weighted by Crippen LogP contribution is 2.34. The topological polar surface area (TPSA) is 68.6 Å². The third-order valence-corrected chi connectivity index (χ3v) is 6.43. The number of hydrogen-bond donors (Lipinski definition) is 3. The molecule has 1 atom stereocenters. The lowest BCUT2D eigenvalue weighted by Gasteiger charge is -2.40. The van der Waals surface area contributed by atoms with Gasteiger partial charge in [-0.05, 0) is 54.3 Å². The molecule has 0 bridgehead atoms. The number of aromatic nitrogens is 2. The fraction of sp³-hybridized carbons (Fsp3) is 0.296. The Labute approximate surface area is 201 Å². The molecule has 0 aliphatic carbocycles. The van der Waals surface area contributed by atoms with Gasteiger partial charge >= 0.3 is 0 Å². The number of para-hydroxylation sites is 1. The van der Waals surface area contributed by atoms with Crippen molar-refractivity contribution in [2.24, 2.45) is 7.05 Å². The molecule has 3 heterocycles. The smallest absolute Gasteiger partial charge is 0.0626 e. The zero-order chi connectivity index (χ0) is 23.5. The van der Waals surface area contributed by atoms with Crippen molar-refractivity contribution in [2.75, 3.05) is 36.6 Å². The van der Waals surface area contributed by atoms with E-state index < -0.39 is 0 Å². The summed E-state index contributed by atoms with van der Waals surface area (Å²) in [5.74, 6) is 0. The molecule has 1 unspecified atom stereocenters. The van der Waals surface area contributed by atoms with Gasteiger partial charge in [0.05, 0.1) is 30.7 Å². The number of aliphatic hydroxyl groups excluding tert-OH is 1. The first-order chi connectivity index (χ1) is 16.6. The highest BCUT2D eigenvalue weighted by atomic mass is 16.3. The van der Waals surface area contributed by atoms with Crippen LogP contribution < -0.4 is 15.6 Å². The molecule has 0 saturated heterocycles. The SMILES string of the molecule is CC1CC2=C(CN1)CN(Nc1ccc(-c3cnn(C)c3)cc1)C=C2N(CCO)c1ccccc1. The van der Waals surface area contributed by atoms with Crippen molar-refractivity contribution in [3.05, 3.63) is 90.0 Å². The molecular formula is C27H32N6O. The molecule has 0 saturated carbocycles. The van der Waals surface area contributed by atoms with Crippen LogP contribution in [-0.4, -0.2) is 52.2 Å². The van der Waals surface area contributed by atoms with Gasteiger partial charge in [0.25, 0.3) is 0 Å². The van der Waals surface area contributed by atoms with E-state index in [0.717, 1.165) is 47.7 Å². The quantitative estimate of drug-likeness (QED) is 0.503. The molecule has 0 radical (unpaired) electrons. The number of rotatable bonds is 7. The predicted molar refractivity (Wildman–Crippen MR) is 137 cm³/mol. The van der Waals surface area contributed by atoms with Gasteiger partial charge in [-0.15, -0.1) is 0 Å². The fourth-order valence-electron chi connectivity index (χ4n) is 4.71. The van der Waals surface area contributed by atoms with Gasteiger partial charge in [0.2, 0.25) is 0 Å². The molecule has 5 rings (SSSR count). The van der Waals surface area contributed by atoms with E-state index in [2.05, 4.69) is 75.3 Å². The van der Waals surface area contributed by atoms with Gasteiger partial charge in [-0.2, -0.15) is 5.10 Å². The lowest BCUT2D eigenvalue weighted by Crippen LogP contribution is -2.43. The van der Waals surface area contributed by atoms with Crippen LogP contribution in [0.5, 0.6) is 0 Å². The van der Waals surface area contributed by atoms with E-state index in [1.165, 1.54) is 11.1 Å². The van der Waals surface area contributed by atoms with Crippen LogP contribution >= 0.6 is 0 Å². The van der Waals surface area contributed by atoms with Gasteiger partial charge in [0, 0.05) is 49.8 Å². The highest BCUT2D eigenvalue weighted by molar-refractivity contribution is 5.65. The molecule has 7 heteroatoms. The summed E-state index contributed by atoms with van der Waals surface area (Å²) in [4.78, 5) is 2.23. The second kappa shape index (κ2) is 9.75. The zero-order valence-corrected chi connectivity index (χ0v) is 19.8. The molecule has 3 aromatic rings. The number of allylic oxidation sites excluding steroid dienone is 1. The summed E-state index contributed by atoms with van der Waals surface area (Å²) in [5, 5.41) is 19.9. The average molecular weight is 457 g/mol. The Balaban J connectivity index is 1.43. The minimum Gasteiger partial charge on any atom is -0.395 e. The Morgan fingerprint density at radius 3 is 2.62 bits per heavy atom. The van der Waals surface area contributed by atoms with Crippen LogP contribution in [0, 0.1) is 0 Å². The normalized spacial score (nSPS) is 17.9. The van der Waals surface area contributed by atoms with E-state index >= 15 is 0 Å². The van der Waals surface area contributed by atoms with E-state index in [4.69, 9.17) is 0 Å². The van der Waals surface area contributed by atoms with Crippen molar-refractivity contribution >= 4 is 11.4 Å².